The van der Waals surface area contributed by atoms with Crippen molar-refractivity contribution in [3.63, 3.8) is 0 Å². The van der Waals surface area contributed by atoms with Gasteiger partial charge in [0.1, 0.15) is 17.1 Å². The highest BCUT2D eigenvalue weighted by atomic mass is 16.5. The fraction of sp³-hybridized carbons (Fsp3) is 0.370. The van der Waals surface area contributed by atoms with E-state index in [0.717, 1.165) is 56.0 Å². The molecule has 0 amide bonds. The van der Waals surface area contributed by atoms with Gasteiger partial charge in [-0.05, 0) is 69.0 Å². The number of carbonyl (C=O) groups is 2. The average molecular weight is 462 g/mol. The van der Waals surface area contributed by atoms with Crippen LogP contribution in [-0.4, -0.2) is 48.1 Å². The van der Waals surface area contributed by atoms with Gasteiger partial charge >= 0.3 is 5.97 Å². The summed E-state index contributed by atoms with van der Waals surface area (Å²) in [6.45, 7) is 6.13. The molecule has 0 N–H and O–H groups in total. The van der Waals surface area contributed by atoms with Crippen LogP contribution in [-0.2, 0) is 17.7 Å². The summed E-state index contributed by atoms with van der Waals surface area (Å²) in [7, 11) is 1.65. The number of pyridine rings is 1. The van der Waals surface area contributed by atoms with Crippen LogP contribution in [0.2, 0.25) is 0 Å². The first-order chi connectivity index (χ1) is 16.5. The van der Waals surface area contributed by atoms with Crippen LogP contribution in [0.5, 0.6) is 5.75 Å². The zero-order valence-electron chi connectivity index (χ0n) is 20.0. The maximum atomic E-state index is 12.9. The van der Waals surface area contributed by atoms with E-state index in [4.69, 9.17) is 9.47 Å². The van der Waals surface area contributed by atoms with Crippen LogP contribution in [0.25, 0.3) is 0 Å². The first-order valence-electron chi connectivity index (χ1n) is 11.7. The van der Waals surface area contributed by atoms with Crippen LogP contribution in [0.3, 0.4) is 0 Å². The number of esters is 1. The van der Waals surface area contributed by atoms with Gasteiger partial charge in [-0.15, -0.1) is 0 Å². The second-order valence-electron chi connectivity index (χ2n) is 8.60. The summed E-state index contributed by atoms with van der Waals surface area (Å²) in [6.07, 6.45) is 4.68. The predicted molar refractivity (Wildman–Crippen MR) is 131 cm³/mol. The number of Topliss-reactive ketones (excluding diaryl/α,β-unsaturated/α-hetero) is 1. The summed E-state index contributed by atoms with van der Waals surface area (Å²) in [5.74, 6) is 0.743. The van der Waals surface area contributed by atoms with E-state index in [1.165, 1.54) is 5.56 Å². The molecular formula is C27H31N3O4. The van der Waals surface area contributed by atoms with Gasteiger partial charge in [-0.25, -0.2) is 9.78 Å². The molecule has 0 radical (unpaired) electrons. The van der Waals surface area contributed by atoms with E-state index in [1.54, 1.807) is 25.4 Å². The molecule has 1 aliphatic heterocycles. The molecular weight excluding hydrogens is 430 g/mol. The van der Waals surface area contributed by atoms with Gasteiger partial charge in [0.2, 0.25) is 5.78 Å². The fourth-order valence-electron chi connectivity index (χ4n) is 4.48. The fourth-order valence-corrected chi connectivity index (χ4v) is 4.48. The van der Waals surface area contributed by atoms with E-state index in [0.29, 0.717) is 16.9 Å². The monoisotopic (exact) mass is 461 g/mol. The van der Waals surface area contributed by atoms with Gasteiger partial charge in [0.05, 0.1) is 7.11 Å². The molecule has 0 spiro atoms. The quantitative estimate of drug-likeness (QED) is 0.348. The molecule has 0 saturated carbocycles. The van der Waals surface area contributed by atoms with Crippen LogP contribution in [0.15, 0.2) is 48.7 Å². The van der Waals surface area contributed by atoms with Gasteiger partial charge in [0.15, 0.2) is 6.61 Å². The number of methoxy groups -OCH3 is 1. The Bertz CT molecular complexity index is 1160. The smallest absolute Gasteiger partial charge is 0.342 e. The zero-order chi connectivity index (χ0) is 24.1. The number of ether oxygens (including phenoxy) is 2. The van der Waals surface area contributed by atoms with Crippen LogP contribution in [0, 0.1) is 13.8 Å². The topological polar surface area (TPSA) is 73.7 Å². The molecule has 1 saturated heterocycles. The lowest BCUT2D eigenvalue weighted by atomic mass is 10.1. The first kappa shape index (κ1) is 23.5. The van der Waals surface area contributed by atoms with Gasteiger partial charge in [0, 0.05) is 42.8 Å². The summed E-state index contributed by atoms with van der Waals surface area (Å²) in [5.41, 5.74) is 4.07. The Kier molecular flexibility index (Phi) is 7.30. The normalized spacial score (nSPS) is 13.2. The largest absolute Gasteiger partial charge is 0.497 e. The Labute approximate surface area is 200 Å². The van der Waals surface area contributed by atoms with Crippen molar-refractivity contribution in [2.45, 2.75) is 39.7 Å². The minimum Gasteiger partial charge on any atom is -0.497 e. The SMILES string of the molecule is COc1ccc(CCn2c(C)cc(C(=O)COC(=O)c3cccnc3N3CCCC3)c2C)cc1. The third-order valence-electron chi connectivity index (χ3n) is 6.40. The number of nitrogens with zero attached hydrogens (tertiary/aromatic N) is 3. The summed E-state index contributed by atoms with van der Waals surface area (Å²) in [4.78, 5) is 32.2. The summed E-state index contributed by atoms with van der Waals surface area (Å²) < 4.78 is 12.8. The van der Waals surface area contributed by atoms with Crippen LogP contribution in [0.4, 0.5) is 5.82 Å². The lowest BCUT2D eigenvalue weighted by molar-refractivity contribution is 0.0474. The molecule has 2 aromatic heterocycles. The minimum absolute atomic E-state index is 0.205. The molecule has 0 aliphatic carbocycles. The number of hydrogen-bond acceptors (Lipinski definition) is 6. The Hall–Kier alpha value is -3.61. The Morgan fingerprint density at radius 3 is 2.47 bits per heavy atom. The lowest BCUT2D eigenvalue weighted by Crippen LogP contribution is -2.23. The van der Waals surface area contributed by atoms with Crippen molar-refractivity contribution in [2.24, 2.45) is 0 Å². The van der Waals surface area contributed by atoms with E-state index in [9.17, 15) is 9.59 Å². The van der Waals surface area contributed by atoms with Crippen molar-refractivity contribution < 1.29 is 19.1 Å². The highest BCUT2D eigenvalue weighted by molar-refractivity contribution is 6.01. The minimum atomic E-state index is -0.517. The van der Waals surface area contributed by atoms with Gasteiger partial charge in [-0.3, -0.25) is 4.79 Å². The third-order valence-corrected chi connectivity index (χ3v) is 6.40. The number of ketones is 1. The molecule has 0 unspecified atom stereocenters. The van der Waals surface area contributed by atoms with Crippen molar-refractivity contribution in [1.82, 2.24) is 9.55 Å². The van der Waals surface area contributed by atoms with Gasteiger partial charge in [-0.2, -0.15) is 0 Å². The number of rotatable bonds is 9. The summed E-state index contributed by atoms with van der Waals surface area (Å²) >= 11 is 0. The molecule has 7 nitrogen and oxygen atoms in total. The Balaban J connectivity index is 1.39. The van der Waals surface area contributed by atoms with E-state index < -0.39 is 5.97 Å². The van der Waals surface area contributed by atoms with E-state index >= 15 is 0 Å². The number of aromatic nitrogens is 2. The third kappa shape index (κ3) is 5.14. The highest BCUT2D eigenvalue weighted by Crippen LogP contribution is 2.23. The Morgan fingerprint density at radius 1 is 1.03 bits per heavy atom. The van der Waals surface area contributed by atoms with Gasteiger partial charge in [0.25, 0.3) is 0 Å². The molecule has 1 aromatic carbocycles. The molecule has 34 heavy (non-hydrogen) atoms. The van der Waals surface area contributed by atoms with Crippen LogP contribution < -0.4 is 9.64 Å². The van der Waals surface area contributed by atoms with Gasteiger partial charge < -0.3 is 18.9 Å². The Morgan fingerprint density at radius 2 is 1.76 bits per heavy atom. The molecule has 3 heterocycles. The van der Waals surface area contributed by atoms with Crippen molar-refractivity contribution in [1.29, 1.82) is 0 Å². The standard InChI is InChI=1S/C27H31N3O4/c1-19-17-24(20(2)30(19)16-12-21-8-10-22(33-3)11-9-21)25(31)18-34-27(32)23-7-6-13-28-26(23)29-14-4-5-15-29/h6-11,13,17H,4-5,12,14-16,18H2,1-3H3. The molecule has 0 bridgehead atoms. The second kappa shape index (κ2) is 10.5. The molecule has 3 aromatic rings. The molecule has 4 rings (SSSR count). The highest BCUT2D eigenvalue weighted by Gasteiger charge is 2.23. The van der Waals surface area contributed by atoms with Crippen LogP contribution in [0.1, 0.15) is 50.5 Å². The zero-order valence-corrected chi connectivity index (χ0v) is 20.0. The summed E-state index contributed by atoms with van der Waals surface area (Å²) in [6, 6.07) is 13.3. The second-order valence-corrected chi connectivity index (χ2v) is 8.60. The van der Waals surface area contributed by atoms with Crippen molar-refractivity contribution in [3.05, 3.63) is 76.7 Å². The average Bonchev–Trinajstić information content (AvgIpc) is 3.50. The van der Waals surface area contributed by atoms with E-state index in [2.05, 4.69) is 14.5 Å². The predicted octanol–water partition coefficient (Wildman–Crippen LogP) is 4.39. The van der Waals surface area contributed by atoms with Crippen molar-refractivity contribution in [2.75, 3.05) is 31.7 Å². The maximum absolute atomic E-state index is 12.9. The summed E-state index contributed by atoms with van der Waals surface area (Å²) in [5, 5.41) is 0. The van der Waals surface area contributed by atoms with Gasteiger partial charge in [-0.1, -0.05) is 12.1 Å². The van der Waals surface area contributed by atoms with Crippen LogP contribution >= 0.6 is 0 Å². The van der Waals surface area contributed by atoms with E-state index in [1.807, 2.05) is 44.2 Å². The molecule has 0 atom stereocenters. The van der Waals surface area contributed by atoms with Crippen molar-refractivity contribution in [3.8, 4) is 5.75 Å². The van der Waals surface area contributed by atoms with Crippen molar-refractivity contribution >= 4 is 17.6 Å². The molecule has 1 fully saturated rings. The number of anilines is 1. The maximum Gasteiger partial charge on any atom is 0.342 e. The number of benzene rings is 1. The molecule has 7 heteroatoms. The van der Waals surface area contributed by atoms with E-state index in [-0.39, 0.29) is 12.4 Å². The number of hydrogen-bond donors (Lipinski definition) is 0. The molecule has 1 aliphatic rings. The molecule has 178 valence electrons. The number of aryl methyl sites for hydroxylation is 2. The number of carbonyl (C=O) groups excluding carboxylic acids is 2. The lowest BCUT2D eigenvalue weighted by Gasteiger charge is -2.18. The first-order valence-corrected chi connectivity index (χ1v) is 11.7.